The fraction of sp³-hybridized carbons (Fsp3) is 0.158. The normalized spacial score (nSPS) is 10.5. The van der Waals surface area contributed by atoms with Gasteiger partial charge in [-0.2, -0.15) is 0 Å². The smallest absolute Gasteiger partial charge is 0.344 e. The molecule has 5 nitrogen and oxygen atoms in total. The molecule has 0 bridgehead atoms. The molecule has 0 N–H and O–H groups in total. The average Bonchev–Trinajstić information content (AvgIpc) is 3.09. The number of hydrogen-bond acceptors (Lipinski definition) is 5. The van der Waals surface area contributed by atoms with E-state index in [0.717, 1.165) is 11.1 Å². The number of aromatic nitrogens is 1. The van der Waals surface area contributed by atoms with Crippen LogP contribution in [0.1, 0.15) is 11.3 Å². The number of nitrogens with zero attached hydrogens (tertiary/aromatic N) is 1. The van der Waals surface area contributed by atoms with Gasteiger partial charge in [0, 0.05) is 16.7 Å². The maximum Gasteiger partial charge on any atom is 0.344 e. The summed E-state index contributed by atoms with van der Waals surface area (Å²) in [5, 5.41) is 4.51. The van der Waals surface area contributed by atoms with Crippen LogP contribution in [0, 0.1) is 6.92 Å². The third kappa shape index (κ3) is 4.84. The van der Waals surface area contributed by atoms with Gasteiger partial charge in [0.1, 0.15) is 18.1 Å². The van der Waals surface area contributed by atoms with E-state index >= 15 is 0 Å². The summed E-state index contributed by atoms with van der Waals surface area (Å²) < 4.78 is 15.7. The lowest BCUT2D eigenvalue weighted by molar-refractivity contribution is -0.147. The van der Waals surface area contributed by atoms with E-state index in [9.17, 15) is 4.79 Å². The second-order valence-electron chi connectivity index (χ2n) is 5.45. The molecule has 0 unspecified atom stereocenters. The molecule has 0 saturated carbocycles. The zero-order valence-electron chi connectivity index (χ0n) is 13.6. The molecule has 3 rings (SSSR count). The molecule has 0 atom stereocenters. The van der Waals surface area contributed by atoms with Crippen molar-refractivity contribution in [1.82, 2.24) is 5.16 Å². The van der Waals surface area contributed by atoms with Crippen molar-refractivity contribution in [3.8, 4) is 17.1 Å². The van der Waals surface area contributed by atoms with E-state index < -0.39 is 5.97 Å². The van der Waals surface area contributed by atoms with Crippen LogP contribution < -0.4 is 4.74 Å². The van der Waals surface area contributed by atoms with Crippen LogP contribution in [-0.2, 0) is 16.1 Å². The van der Waals surface area contributed by atoms with Crippen molar-refractivity contribution in [3.63, 3.8) is 0 Å². The predicted molar refractivity (Wildman–Crippen MR) is 93.4 cm³/mol. The Bertz CT molecular complexity index is 841. The molecule has 0 aliphatic rings. The topological polar surface area (TPSA) is 61.6 Å². The summed E-state index contributed by atoms with van der Waals surface area (Å²) >= 11 is 5.78. The fourth-order valence-corrected chi connectivity index (χ4v) is 2.23. The molecule has 0 spiro atoms. The molecular weight excluding hydrogens is 342 g/mol. The number of ether oxygens (including phenoxy) is 2. The van der Waals surface area contributed by atoms with Gasteiger partial charge in [0.05, 0.1) is 0 Å². The van der Waals surface area contributed by atoms with Gasteiger partial charge in [-0.15, -0.1) is 0 Å². The quantitative estimate of drug-likeness (QED) is 0.611. The average molecular weight is 358 g/mol. The summed E-state index contributed by atoms with van der Waals surface area (Å²) in [4.78, 5) is 11.7. The minimum absolute atomic E-state index is 0.0260. The van der Waals surface area contributed by atoms with Gasteiger partial charge in [0.15, 0.2) is 12.4 Å². The van der Waals surface area contributed by atoms with Gasteiger partial charge in [-0.05, 0) is 31.2 Å². The van der Waals surface area contributed by atoms with Gasteiger partial charge < -0.3 is 14.0 Å². The molecule has 1 heterocycles. The first-order valence-corrected chi connectivity index (χ1v) is 8.04. The molecule has 0 aliphatic carbocycles. The maximum atomic E-state index is 11.7. The highest BCUT2D eigenvalue weighted by atomic mass is 35.5. The Balaban J connectivity index is 1.49. The molecule has 0 fully saturated rings. The third-order valence-electron chi connectivity index (χ3n) is 3.45. The van der Waals surface area contributed by atoms with Gasteiger partial charge >= 0.3 is 5.97 Å². The van der Waals surface area contributed by atoms with Crippen molar-refractivity contribution in [2.45, 2.75) is 13.5 Å². The minimum atomic E-state index is -0.491. The number of aryl methyl sites for hydroxylation is 1. The first-order chi connectivity index (χ1) is 12.1. The molecule has 128 valence electrons. The van der Waals surface area contributed by atoms with Crippen LogP contribution >= 0.6 is 11.6 Å². The molecule has 0 radical (unpaired) electrons. The zero-order valence-corrected chi connectivity index (χ0v) is 14.3. The van der Waals surface area contributed by atoms with E-state index in [-0.39, 0.29) is 13.2 Å². The number of carbonyl (C=O) groups is 1. The highest BCUT2D eigenvalue weighted by molar-refractivity contribution is 6.30. The zero-order chi connectivity index (χ0) is 17.6. The van der Waals surface area contributed by atoms with Gasteiger partial charge in [-0.3, -0.25) is 0 Å². The Morgan fingerprint density at radius 3 is 2.56 bits per heavy atom. The van der Waals surface area contributed by atoms with Crippen LogP contribution in [0.5, 0.6) is 5.75 Å². The maximum absolute atomic E-state index is 11.7. The monoisotopic (exact) mass is 357 g/mol. The predicted octanol–water partition coefficient (Wildman–Crippen LogP) is 4.43. The van der Waals surface area contributed by atoms with E-state index in [1.54, 1.807) is 30.3 Å². The van der Waals surface area contributed by atoms with Crippen molar-refractivity contribution in [2.24, 2.45) is 0 Å². The number of benzene rings is 2. The Morgan fingerprint density at radius 2 is 1.84 bits per heavy atom. The Kier molecular flexibility index (Phi) is 5.36. The van der Waals surface area contributed by atoms with Crippen molar-refractivity contribution in [1.29, 1.82) is 0 Å². The molecule has 0 amide bonds. The lowest BCUT2D eigenvalue weighted by Gasteiger charge is -2.05. The molecule has 1 aromatic heterocycles. The Morgan fingerprint density at radius 1 is 1.12 bits per heavy atom. The van der Waals surface area contributed by atoms with Crippen LogP contribution in [0.4, 0.5) is 0 Å². The van der Waals surface area contributed by atoms with Gasteiger partial charge in [0.25, 0.3) is 0 Å². The number of esters is 1. The largest absolute Gasteiger partial charge is 0.482 e. The van der Waals surface area contributed by atoms with Crippen molar-refractivity contribution < 1.29 is 18.8 Å². The van der Waals surface area contributed by atoms with E-state index in [2.05, 4.69) is 5.16 Å². The number of halogens is 1. The first-order valence-electron chi connectivity index (χ1n) is 7.67. The molecule has 6 heteroatoms. The van der Waals surface area contributed by atoms with Crippen LogP contribution in [0.2, 0.25) is 5.02 Å². The van der Waals surface area contributed by atoms with Gasteiger partial charge in [0.2, 0.25) is 0 Å². The summed E-state index contributed by atoms with van der Waals surface area (Å²) in [6.45, 7) is 1.85. The first kappa shape index (κ1) is 17.0. The molecule has 0 saturated heterocycles. The molecule has 3 aromatic rings. The van der Waals surface area contributed by atoms with Crippen LogP contribution in [0.3, 0.4) is 0 Å². The lowest BCUT2D eigenvalue weighted by Crippen LogP contribution is -2.14. The molecular formula is C19H16ClNO4. The summed E-state index contributed by atoms with van der Waals surface area (Å²) in [5.74, 6) is 0.683. The van der Waals surface area contributed by atoms with Crippen LogP contribution in [-0.4, -0.2) is 17.7 Å². The standard InChI is InChI=1S/C19H16ClNO4/c1-13-2-4-14(5-3-13)18-10-16(21-25-18)11-24-19(22)12-23-17-8-6-15(20)7-9-17/h2-10H,11-12H2,1H3. The molecule has 25 heavy (non-hydrogen) atoms. The summed E-state index contributed by atoms with van der Waals surface area (Å²) in [7, 11) is 0. The van der Waals surface area contributed by atoms with E-state index in [1.807, 2.05) is 31.2 Å². The van der Waals surface area contributed by atoms with Gasteiger partial charge in [-0.1, -0.05) is 46.6 Å². The third-order valence-corrected chi connectivity index (χ3v) is 3.70. The Labute approximate surface area is 150 Å². The van der Waals surface area contributed by atoms with Crippen molar-refractivity contribution >= 4 is 17.6 Å². The van der Waals surface area contributed by atoms with E-state index in [4.69, 9.17) is 25.6 Å². The summed E-state index contributed by atoms with van der Waals surface area (Å²) in [6, 6.07) is 16.4. The Hall–Kier alpha value is -2.79. The number of carbonyl (C=O) groups excluding carboxylic acids is 1. The lowest BCUT2D eigenvalue weighted by atomic mass is 10.1. The SMILES string of the molecule is Cc1ccc(-c2cc(COC(=O)COc3ccc(Cl)cc3)no2)cc1. The summed E-state index contributed by atoms with van der Waals surface area (Å²) in [6.07, 6.45) is 0. The van der Waals surface area contributed by atoms with Crippen molar-refractivity contribution in [3.05, 3.63) is 70.9 Å². The molecule has 2 aromatic carbocycles. The fourth-order valence-electron chi connectivity index (χ4n) is 2.10. The highest BCUT2D eigenvalue weighted by Crippen LogP contribution is 2.21. The minimum Gasteiger partial charge on any atom is -0.482 e. The molecule has 0 aliphatic heterocycles. The van der Waals surface area contributed by atoms with Crippen LogP contribution in [0.15, 0.2) is 59.1 Å². The second-order valence-corrected chi connectivity index (χ2v) is 5.89. The van der Waals surface area contributed by atoms with E-state index in [1.165, 1.54) is 0 Å². The highest BCUT2D eigenvalue weighted by Gasteiger charge is 2.10. The van der Waals surface area contributed by atoms with E-state index in [0.29, 0.717) is 22.2 Å². The number of hydrogen-bond donors (Lipinski definition) is 0. The van der Waals surface area contributed by atoms with Crippen molar-refractivity contribution in [2.75, 3.05) is 6.61 Å². The summed E-state index contributed by atoms with van der Waals surface area (Å²) in [5.41, 5.74) is 2.62. The number of rotatable bonds is 6. The van der Waals surface area contributed by atoms with Crippen LogP contribution in [0.25, 0.3) is 11.3 Å². The second kappa shape index (κ2) is 7.85. The van der Waals surface area contributed by atoms with Gasteiger partial charge in [-0.25, -0.2) is 4.79 Å².